The molecule has 1 aliphatic heterocycles. The lowest BCUT2D eigenvalue weighted by Crippen LogP contribution is -2.55. The summed E-state index contributed by atoms with van der Waals surface area (Å²) in [5.74, 6) is 0. The highest BCUT2D eigenvalue weighted by Gasteiger charge is 2.32. The minimum atomic E-state index is -3.34. The van der Waals surface area contributed by atoms with Crippen molar-refractivity contribution in [2.45, 2.75) is 13.0 Å². The molecule has 8 heteroatoms. The average Bonchev–Trinajstić information content (AvgIpc) is 2.26. The van der Waals surface area contributed by atoms with Crippen molar-refractivity contribution < 1.29 is 13.2 Å². The Morgan fingerprint density at radius 2 is 2.18 bits per heavy atom. The summed E-state index contributed by atoms with van der Waals surface area (Å²) in [6.07, 6.45) is 0. The minimum absolute atomic E-state index is 0. The Bertz CT molecular complexity index is 313. The molecule has 1 N–H and O–H groups in total. The van der Waals surface area contributed by atoms with Crippen LogP contribution in [0.15, 0.2) is 0 Å². The zero-order chi connectivity index (χ0) is 12.2. The number of likely N-dealkylation sites (N-methyl/N-ethyl adjacent to an activating group) is 1. The van der Waals surface area contributed by atoms with Gasteiger partial charge in [0.1, 0.15) is 0 Å². The number of piperazine rings is 1. The number of nitrogens with zero attached hydrogens (tertiary/aromatic N) is 2. The molecule has 1 atom stereocenters. The summed E-state index contributed by atoms with van der Waals surface area (Å²) in [6, 6.07) is 0.00347. The SMILES string of the molecule is COCCN(C)S(=O)(=O)N1CCNCC1C.Cl. The summed E-state index contributed by atoms with van der Waals surface area (Å²) in [6.45, 7) is 4.65. The van der Waals surface area contributed by atoms with E-state index in [4.69, 9.17) is 4.74 Å². The van der Waals surface area contributed by atoms with E-state index in [1.165, 1.54) is 4.31 Å². The van der Waals surface area contributed by atoms with Gasteiger partial charge in [0.15, 0.2) is 0 Å². The summed E-state index contributed by atoms with van der Waals surface area (Å²) in [5.41, 5.74) is 0. The molecule has 1 aliphatic rings. The molecular weight excluding hydrogens is 266 g/mol. The summed E-state index contributed by atoms with van der Waals surface area (Å²) < 4.78 is 32.1. The maximum atomic E-state index is 12.2. The molecule has 1 rings (SSSR count). The highest BCUT2D eigenvalue weighted by atomic mass is 35.5. The zero-order valence-electron chi connectivity index (χ0n) is 10.5. The summed E-state index contributed by atoms with van der Waals surface area (Å²) in [4.78, 5) is 0. The van der Waals surface area contributed by atoms with E-state index in [0.29, 0.717) is 32.8 Å². The molecule has 0 aliphatic carbocycles. The zero-order valence-corrected chi connectivity index (χ0v) is 12.2. The third kappa shape index (κ3) is 4.35. The van der Waals surface area contributed by atoms with Crippen LogP contribution >= 0.6 is 12.4 Å². The van der Waals surface area contributed by atoms with Gasteiger partial charge in [-0.1, -0.05) is 0 Å². The van der Waals surface area contributed by atoms with Gasteiger partial charge in [-0.25, -0.2) is 0 Å². The predicted molar refractivity (Wildman–Crippen MR) is 69.7 cm³/mol. The molecule has 104 valence electrons. The van der Waals surface area contributed by atoms with Gasteiger partial charge in [-0.05, 0) is 6.92 Å². The Labute approximate surface area is 110 Å². The van der Waals surface area contributed by atoms with E-state index in [2.05, 4.69) is 5.32 Å². The van der Waals surface area contributed by atoms with E-state index < -0.39 is 10.2 Å². The third-order valence-electron chi connectivity index (χ3n) is 2.74. The van der Waals surface area contributed by atoms with Crippen LogP contribution in [0.5, 0.6) is 0 Å². The van der Waals surface area contributed by atoms with E-state index >= 15 is 0 Å². The summed E-state index contributed by atoms with van der Waals surface area (Å²) >= 11 is 0. The molecule has 6 nitrogen and oxygen atoms in total. The molecule has 0 aromatic heterocycles. The molecule has 0 aromatic carbocycles. The van der Waals surface area contributed by atoms with Crippen molar-refractivity contribution in [3.63, 3.8) is 0 Å². The summed E-state index contributed by atoms with van der Waals surface area (Å²) in [5, 5.41) is 3.17. The van der Waals surface area contributed by atoms with Crippen molar-refractivity contribution in [1.29, 1.82) is 0 Å². The van der Waals surface area contributed by atoms with Crippen LogP contribution in [0.3, 0.4) is 0 Å². The first kappa shape index (κ1) is 17.1. The first-order valence-corrected chi connectivity index (χ1v) is 6.82. The number of hydrogen-bond acceptors (Lipinski definition) is 4. The van der Waals surface area contributed by atoms with Crippen molar-refractivity contribution >= 4 is 22.6 Å². The van der Waals surface area contributed by atoms with Crippen molar-refractivity contribution in [1.82, 2.24) is 13.9 Å². The minimum Gasteiger partial charge on any atom is -0.383 e. The Balaban J connectivity index is 0.00000256. The Kier molecular flexibility index (Phi) is 7.54. The van der Waals surface area contributed by atoms with Crippen molar-refractivity contribution in [3.8, 4) is 0 Å². The molecule has 1 heterocycles. The lowest BCUT2D eigenvalue weighted by Gasteiger charge is -2.35. The van der Waals surface area contributed by atoms with Crippen LogP contribution in [0.1, 0.15) is 6.92 Å². The monoisotopic (exact) mass is 287 g/mol. The Morgan fingerprint density at radius 3 is 2.71 bits per heavy atom. The molecular formula is C9H22ClN3O3S. The number of hydrogen-bond donors (Lipinski definition) is 1. The second-order valence-corrected chi connectivity index (χ2v) is 5.97. The second-order valence-electron chi connectivity index (χ2n) is 3.99. The van der Waals surface area contributed by atoms with E-state index in [-0.39, 0.29) is 18.4 Å². The number of ether oxygens (including phenoxy) is 1. The van der Waals surface area contributed by atoms with Gasteiger partial charge in [0.2, 0.25) is 0 Å². The van der Waals surface area contributed by atoms with Crippen LogP contribution in [0, 0.1) is 0 Å². The van der Waals surface area contributed by atoms with E-state index in [0.717, 1.165) is 0 Å². The van der Waals surface area contributed by atoms with Crippen molar-refractivity contribution in [2.24, 2.45) is 0 Å². The molecule has 0 amide bonds. The van der Waals surface area contributed by atoms with Crippen LogP contribution in [0.25, 0.3) is 0 Å². The number of nitrogens with one attached hydrogen (secondary N) is 1. The summed E-state index contributed by atoms with van der Waals surface area (Å²) in [7, 11) is -0.187. The topological polar surface area (TPSA) is 61.9 Å². The first-order valence-electron chi connectivity index (χ1n) is 5.43. The standard InChI is InChI=1S/C9H21N3O3S.ClH/c1-9-8-10-4-5-12(9)16(13,14)11(2)6-7-15-3;/h9-10H,4-8H2,1-3H3;1H. The Hall–Kier alpha value is 0.0800. The van der Waals surface area contributed by atoms with Gasteiger partial charge >= 0.3 is 0 Å². The number of methoxy groups -OCH3 is 1. The highest BCUT2D eigenvalue weighted by molar-refractivity contribution is 7.86. The first-order chi connectivity index (χ1) is 7.50. The van der Waals surface area contributed by atoms with Gasteiger partial charge in [0.05, 0.1) is 6.61 Å². The molecule has 1 saturated heterocycles. The fourth-order valence-corrected chi connectivity index (χ4v) is 3.19. The molecule has 17 heavy (non-hydrogen) atoms. The normalized spacial score (nSPS) is 22.5. The molecule has 0 aromatic rings. The van der Waals surface area contributed by atoms with Gasteiger partial charge < -0.3 is 10.1 Å². The lowest BCUT2D eigenvalue weighted by atomic mass is 10.3. The van der Waals surface area contributed by atoms with Crippen molar-refractivity contribution in [3.05, 3.63) is 0 Å². The van der Waals surface area contributed by atoms with Gasteiger partial charge in [-0.15, -0.1) is 12.4 Å². The maximum absolute atomic E-state index is 12.2. The molecule has 0 radical (unpaired) electrons. The highest BCUT2D eigenvalue weighted by Crippen LogP contribution is 2.12. The van der Waals surface area contributed by atoms with Crippen LogP contribution < -0.4 is 5.32 Å². The Morgan fingerprint density at radius 1 is 1.53 bits per heavy atom. The quantitative estimate of drug-likeness (QED) is 0.742. The molecule has 0 spiro atoms. The van der Waals surface area contributed by atoms with Crippen LogP contribution in [-0.2, 0) is 14.9 Å². The largest absolute Gasteiger partial charge is 0.383 e. The van der Waals surface area contributed by atoms with Crippen molar-refractivity contribution in [2.75, 3.05) is 46.9 Å². The molecule has 0 saturated carbocycles. The van der Waals surface area contributed by atoms with E-state index in [1.807, 2.05) is 6.92 Å². The van der Waals surface area contributed by atoms with Gasteiger partial charge in [0, 0.05) is 46.4 Å². The van der Waals surface area contributed by atoms with Gasteiger partial charge in [-0.3, -0.25) is 0 Å². The maximum Gasteiger partial charge on any atom is 0.282 e. The smallest absolute Gasteiger partial charge is 0.282 e. The van der Waals surface area contributed by atoms with Crippen LogP contribution in [0.4, 0.5) is 0 Å². The molecule has 1 unspecified atom stereocenters. The van der Waals surface area contributed by atoms with Gasteiger partial charge in [-0.2, -0.15) is 17.0 Å². The number of rotatable bonds is 5. The predicted octanol–water partition coefficient (Wildman–Crippen LogP) is -0.475. The third-order valence-corrected chi connectivity index (χ3v) is 4.85. The molecule has 0 bridgehead atoms. The van der Waals surface area contributed by atoms with Gasteiger partial charge in [0.25, 0.3) is 10.2 Å². The fourth-order valence-electron chi connectivity index (χ4n) is 1.68. The van der Waals surface area contributed by atoms with E-state index in [9.17, 15) is 8.42 Å². The van der Waals surface area contributed by atoms with Crippen LogP contribution in [0.2, 0.25) is 0 Å². The lowest BCUT2D eigenvalue weighted by molar-refractivity contribution is 0.179. The fraction of sp³-hybridized carbons (Fsp3) is 1.00. The van der Waals surface area contributed by atoms with E-state index in [1.54, 1.807) is 18.5 Å². The van der Waals surface area contributed by atoms with Crippen LogP contribution in [-0.4, -0.2) is 70.0 Å². The average molecular weight is 288 g/mol. The molecule has 1 fully saturated rings. The number of halogens is 1. The second kappa shape index (κ2) is 7.50.